The molecule has 0 bridgehead atoms. The van der Waals surface area contributed by atoms with E-state index in [0.29, 0.717) is 35.3 Å². The van der Waals surface area contributed by atoms with Gasteiger partial charge in [0.15, 0.2) is 15.5 Å². The molecule has 1 aromatic heterocycles. The molecule has 3 atom stereocenters. The van der Waals surface area contributed by atoms with E-state index in [2.05, 4.69) is 15.0 Å². The lowest BCUT2D eigenvalue weighted by Crippen LogP contribution is -2.00. The van der Waals surface area contributed by atoms with Crippen molar-refractivity contribution in [3.8, 4) is 0 Å². The highest BCUT2D eigenvalue weighted by atomic mass is 32.9. The van der Waals surface area contributed by atoms with Crippen LogP contribution >= 0.6 is 50.5 Å². The topological polar surface area (TPSA) is 66.4 Å². The van der Waals surface area contributed by atoms with Gasteiger partial charge in [0.2, 0.25) is 0 Å². The molecule has 1 aromatic rings. The summed E-state index contributed by atoms with van der Waals surface area (Å²) in [5.41, 5.74) is -6.36. The summed E-state index contributed by atoms with van der Waals surface area (Å²) in [4.78, 5) is 14.0. The second-order valence-electron chi connectivity index (χ2n) is 5.49. The molecule has 0 saturated carbocycles. The van der Waals surface area contributed by atoms with Gasteiger partial charge < -0.3 is 13.6 Å². The van der Waals surface area contributed by atoms with Gasteiger partial charge in [-0.25, -0.2) is 0 Å². The Bertz CT molecular complexity index is 715. The summed E-state index contributed by atoms with van der Waals surface area (Å²) in [5.74, 6) is 0. The Morgan fingerprint density at radius 2 is 0.800 bits per heavy atom. The maximum Gasteiger partial charge on any atom is 0.199 e. The molecule has 0 amide bonds. The van der Waals surface area contributed by atoms with Crippen LogP contribution < -0.4 is 0 Å². The first-order valence-electron chi connectivity index (χ1n) is 9.65. The Kier molecular flexibility index (Phi) is 14.3. The Labute approximate surface area is 208 Å². The third-order valence-electron chi connectivity index (χ3n) is 3.38. The minimum Gasteiger partial charge on any atom is -0.341 e. The lowest BCUT2D eigenvalue weighted by molar-refractivity contribution is 0.385. The van der Waals surface area contributed by atoms with Gasteiger partial charge in [0.05, 0.1) is 0 Å². The Morgan fingerprint density at radius 3 is 0.967 bits per heavy atom. The van der Waals surface area contributed by atoms with E-state index >= 15 is 0 Å². The lowest BCUT2D eigenvalue weighted by Gasteiger charge is -2.21. The van der Waals surface area contributed by atoms with Gasteiger partial charge in [-0.1, -0.05) is 56.2 Å². The van der Waals surface area contributed by atoms with Crippen molar-refractivity contribution in [2.75, 3.05) is 38.3 Å². The smallest absolute Gasteiger partial charge is 0.199 e. The molecule has 0 fully saturated rings. The first kappa shape index (κ1) is 29.9. The van der Waals surface area contributed by atoms with Crippen molar-refractivity contribution in [3.05, 3.63) is 0 Å². The average Bonchev–Trinajstić information content (AvgIpc) is 2.68. The highest BCUT2D eigenvalue weighted by Crippen LogP contribution is 2.66. The minimum absolute atomic E-state index is 0.553. The van der Waals surface area contributed by atoms with Crippen LogP contribution in [0, 0.1) is 0 Å². The van der Waals surface area contributed by atoms with Crippen molar-refractivity contribution in [2.45, 2.75) is 57.0 Å². The van der Waals surface area contributed by atoms with E-state index in [1.807, 2.05) is 41.5 Å². The van der Waals surface area contributed by atoms with Gasteiger partial charge in [0, 0.05) is 38.3 Å². The van der Waals surface area contributed by atoms with Gasteiger partial charge in [-0.3, -0.25) is 0 Å². The summed E-state index contributed by atoms with van der Waals surface area (Å²) in [7, 11) is 0. The minimum atomic E-state index is -2.12. The van der Waals surface area contributed by atoms with Crippen LogP contribution in [0.25, 0.3) is 0 Å². The van der Waals surface area contributed by atoms with Crippen LogP contribution in [0.2, 0.25) is 0 Å². The van der Waals surface area contributed by atoms with Crippen LogP contribution in [-0.4, -0.2) is 53.3 Å². The molecule has 0 aliphatic rings. The molecule has 174 valence electrons. The third kappa shape index (κ3) is 10.0. The molecule has 0 N–H and O–H groups in total. The largest absolute Gasteiger partial charge is 0.341 e. The van der Waals surface area contributed by atoms with Gasteiger partial charge in [0.25, 0.3) is 0 Å². The fraction of sp³-hybridized carbons (Fsp3) is 0.800. The SMILES string of the molecule is CCOP(=S)(CC)Sc1nc(SP(=S)(CC)OCC)nc(SP(=S)(CC)OCC)n1. The van der Waals surface area contributed by atoms with E-state index in [0.717, 1.165) is 18.5 Å². The van der Waals surface area contributed by atoms with E-state index < -0.39 is 16.4 Å². The number of aromatic nitrogens is 3. The van der Waals surface area contributed by atoms with Crippen LogP contribution in [0.5, 0.6) is 0 Å². The first-order chi connectivity index (χ1) is 14.1. The molecular formula is C15H30N3O3P3S6. The zero-order valence-electron chi connectivity index (χ0n) is 18.1. The molecule has 6 nitrogen and oxygen atoms in total. The maximum absolute atomic E-state index is 5.88. The monoisotopic (exact) mass is 585 g/mol. The van der Waals surface area contributed by atoms with Crippen LogP contribution in [0.15, 0.2) is 15.5 Å². The lowest BCUT2D eigenvalue weighted by atomic mass is 10.9. The van der Waals surface area contributed by atoms with Crippen molar-refractivity contribution in [3.63, 3.8) is 0 Å². The fourth-order valence-electron chi connectivity index (χ4n) is 1.95. The van der Waals surface area contributed by atoms with Gasteiger partial charge in [-0.2, -0.15) is 15.0 Å². The normalized spacial score (nSPS) is 17.8. The van der Waals surface area contributed by atoms with Crippen molar-refractivity contribution < 1.29 is 13.6 Å². The van der Waals surface area contributed by atoms with Crippen molar-refractivity contribution in [1.29, 1.82) is 0 Å². The van der Waals surface area contributed by atoms with Crippen LogP contribution in [0.4, 0.5) is 0 Å². The quantitative estimate of drug-likeness (QED) is 0.195. The summed E-state index contributed by atoms with van der Waals surface area (Å²) in [6.07, 6.45) is 2.24. The standard InChI is InChI=1S/C15H30N3O3P3S6/c1-7-19-22(25,10-4)28-13-16-14(29-23(26,11-5)20-8-2)18-15(17-13)30-24(27,12-6)21-9-3/h7-12H2,1-6H3. The number of hydrogen-bond acceptors (Lipinski definition) is 12. The zero-order chi connectivity index (χ0) is 22.8. The molecule has 15 heteroatoms. The van der Waals surface area contributed by atoms with Gasteiger partial charge >= 0.3 is 0 Å². The van der Waals surface area contributed by atoms with Crippen LogP contribution in [-0.2, 0) is 49.0 Å². The molecule has 0 aromatic carbocycles. The van der Waals surface area contributed by atoms with E-state index in [4.69, 9.17) is 49.0 Å². The molecule has 0 aliphatic carbocycles. The van der Waals surface area contributed by atoms with Gasteiger partial charge in [-0.05, 0) is 54.9 Å². The van der Waals surface area contributed by atoms with Crippen molar-refractivity contribution >= 4 is 86.0 Å². The molecule has 0 saturated heterocycles. The first-order valence-corrected chi connectivity index (χ1v) is 22.6. The highest BCUT2D eigenvalue weighted by Gasteiger charge is 2.26. The van der Waals surface area contributed by atoms with Crippen LogP contribution in [0.3, 0.4) is 0 Å². The maximum atomic E-state index is 5.88. The summed E-state index contributed by atoms with van der Waals surface area (Å²) in [6.45, 7) is 13.6. The predicted octanol–water partition coefficient (Wildman–Crippen LogP) is 7.25. The molecule has 0 aliphatic heterocycles. The molecule has 1 rings (SSSR count). The van der Waals surface area contributed by atoms with E-state index in [1.54, 1.807) is 0 Å². The fourth-order valence-corrected chi connectivity index (χ4v) is 14.2. The predicted molar refractivity (Wildman–Crippen MR) is 147 cm³/mol. The Hall–Kier alpha value is 1.89. The molecule has 3 unspecified atom stereocenters. The van der Waals surface area contributed by atoms with Gasteiger partial charge in [-0.15, -0.1) is 0 Å². The molecule has 0 spiro atoms. The number of hydrogen-bond donors (Lipinski definition) is 0. The summed E-state index contributed by atoms with van der Waals surface area (Å²) in [5, 5.41) is 1.66. The molecule has 30 heavy (non-hydrogen) atoms. The van der Waals surface area contributed by atoms with E-state index in [9.17, 15) is 0 Å². The second kappa shape index (κ2) is 14.3. The Balaban J connectivity index is 3.38. The van der Waals surface area contributed by atoms with Gasteiger partial charge in [0.1, 0.15) is 16.4 Å². The van der Waals surface area contributed by atoms with E-state index in [-0.39, 0.29) is 0 Å². The number of rotatable bonds is 15. The summed E-state index contributed by atoms with van der Waals surface area (Å²) in [6, 6.07) is 0. The summed E-state index contributed by atoms with van der Waals surface area (Å²) >= 11 is 21.6. The Morgan fingerprint density at radius 1 is 0.567 bits per heavy atom. The molecule has 0 radical (unpaired) electrons. The molecular weight excluding hydrogens is 556 g/mol. The van der Waals surface area contributed by atoms with Crippen LogP contribution in [0.1, 0.15) is 41.5 Å². The average molecular weight is 586 g/mol. The van der Waals surface area contributed by atoms with Crippen molar-refractivity contribution in [2.24, 2.45) is 0 Å². The second-order valence-corrected chi connectivity index (χ2v) is 27.8. The van der Waals surface area contributed by atoms with Crippen molar-refractivity contribution in [1.82, 2.24) is 15.0 Å². The number of nitrogens with zero attached hydrogens (tertiary/aromatic N) is 3. The summed E-state index contributed by atoms with van der Waals surface area (Å²) < 4.78 is 17.6. The molecule has 1 heterocycles. The zero-order valence-corrected chi connectivity index (χ0v) is 25.7. The highest BCUT2D eigenvalue weighted by molar-refractivity contribution is 8.70. The third-order valence-corrected chi connectivity index (χ3v) is 22.1. The van der Waals surface area contributed by atoms with E-state index in [1.165, 1.54) is 34.1 Å².